The summed E-state index contributed by atoms with van der Waals surface area (Å²) in [6, 6.07) is 9.14. The number of hydrogen-bond donors (Lipinski definition) is 0. The minimum atomic E-state index is 0.664. The van der Waals surface area contributed by atoms with Crippen LogP contribution >= 0.6 is 0 Å². The zero-order valence-corrected chi connectivity index (χ0v) is 15.5. The molecule has 1 aromatic heterocycles. The molecular formula is C20H30N4O. The fraction of sp³-hybridized carbons (Fsp3) is 0.550. The minimum absolute atomic E-state index is 0.664. The predicted octanol–water partition coefficient (Wildman–Crippen LogP) is 2.88. The number of nitrogens with zero attached hydrogens (tertiary/aromatic N) is 4. The highest BCUT2D eigenvalue weighted by atomic mass is 16.5. The molecule has 136 valence electrons. The molecule has 3 rings (SSSR count). The van der Waals surface area contributed by atoms with Crippen LogP contribution in [0.4, 0.5) is 0 Å². The summed E-state index contributed by atoms with van der Waals surface area (Å²) < 4.78 is 8.17. The van der Waals surface area contributed by atoms with E-state index in [4.69, 9.17) is 4.74 Å². The van der Waals surface area contributed by atoms with Crippen molar-refractivity contribution in [2.75, 3.05) is 33.3 Å². The van der Waals surface area contributed by atoms with Gasteiger partial charge in [-0.2, -0.15) is 0 Å². The second kappa shape index (κ2) is 9.02. The van der Waals surface area contributed by atoms with E-state index < -0.39 is 0 Å². The quantitative estimate of drug-likeness (QED) is 0.691. The van der Waals surface area contributed by atoms with Gasteiger partial charge >= 0.3 is 0 Å². The summed E-state index contributed by atoms with van der Waals surface area (Å²) in [5.74, 6) is 1.03. The van der Waals surface area contributed by atoms with Gasteiger partial charge in [-0.15, -0.1) is 0 Å². The highest BCUT2D eigenvalue weighted by Gasteiger charge is 2.23. The highest BCUT2D eigenvalue weighted by Crippen LogP contribution is 2.22. The summed E-state index contributed by atoms with van der Waals surface area (Å²) in [6.07, 6.45) is 7.85. The normalized spacial score (nSPS) is 19.2. The zero-order valence-electron chi connectivity index (χ0n) is 15.5. The highest BCUT2D eigenvalue weighted by molar-refractivity contribution is 5.33. The van der Waals surface area contributed by atoms with Gasteiger partial charge in [0.1, 0.15) is 5.75 Å². The molecule has 2 aromatic rings. The maximum Gasteiger partial charge on any atom is 0.123 e. The molecule has 25 heavy (non-hydrogen) atoms. The molecule has 0 amide bonds. The third-order valence-electron chi connectivity index (χ3n) is 5.08. The van der Waals surface area contributed by atoms with Crippen molar-refractivity contribution >= 4 is 0 Å². The molecule has 0 radical (unpaired) electrons. The lowest BCUT2D eigenvalue weighted by atomic mass is 10.1. The number of likely N-dealkylation sites (N-methyl/N-ethyl adjacent to an activating group) is 1. The van der Waals surface area contributed by atoms with Crippen molar-refractivity contribution in [3.05, 3.63) is 48.5 Å². The second-order valence-corrected chi connectivity index (χ2v) is 6.89. The molecular weight excluding hydrogens is 312 g/mol. The first-order chi connectivity index (χ1) is 12.3. The lowest BCUT2D eigenvalue weighted by molar-refractivity contribution is 0.0876. The molecule has 5 heteroatoms. The number of ether oxygens (including phenoxy) is 1. The van der Waals surface area contributed by atoms with E-state index in [0.29, 0.717) is 6.04 Å². The third kappa shape index (κ3) is 5.06. The van der Waals surface area contributed by atoms with Crippen LogP contribution < -0.4 is 4.74 Å². The summed E-state index contributed by atoms with van der Waals surface area (Å²) in [6.45, 7) is 8.34. The van der Waals surface area contributed by atoms with Crippen molar-refractivity contribution < 1.29 is 4.74 Å². The average Bonchev–Trinajstić information content (AvgIpc) is 3.15. The Morgan fingerprint density at radius 3 is 2.92 bits per heavy atom. The molecule has 0 N–H and O–H groups in total. The summed E-state index contributed by atoms with van der Waals surface area (Å²) in [4.78, 5) is 9.11. The fourth-order valence-corrected chi connectivity index (χ4v) is 3.46. The van der Waals surface area contributed by atoms with E-state index >= 15 is 0 Å². The Kier molecular flexibility index (Phi) is 6.48. The van der Waals surface area contributed by atoms with E-state index in [1.54, 1.807) is 0 Å². The van der Waals surface area contributed by atoms with Crippen LogP contribution in [0.1, 0.15) is 25.3 Å². The number of aryl methyl sites for hydroxylation is 1. The number of rotatable bonds is 8. The molecule has 0 bridgehead atoms. The van der Waals surface area contributed by atoms with E-state index in [9.17, 15) is 0 Å². The first-order valence-corrected chi connectivity index (χ1v) is 9.35. The van der Waals surface area contributed by atoms with Crippen LogP contribution in [0, 0.1) is 0 Å². The van der Waals surface area contributed by atoms with Crippen molar-refractivity contribution in [3.63, 3.8) is 0 Å². The van der Waals surface area contributed by atoms with E-state index in [2.05, 4.69) is 57.6 Å². The topological polar surface area (TPSA) is 33.5 Å². The van der Waals surface area contributed by atoms with E-state index in [1.807, 2.05) is 18.7 Å². The van der Waals surface area contributed by atoms with Gasteiger partial charge in [-0.1, -0.05) is 25.1 Å². The van der Waals surface area contributed by atoms with E-state index in [0.717, 1.165) is 51.5 Å². The summed E-state index contributed by atoms with van der Waals surface area (Å²) in [5, 5.41) is 0. The predicted molar refractivity (Wildman–Crippen MR) is 101 cm³/mol. The third-order valence-corrected chi connectivity index (χ3v) is 5.08. The average molecular weight is 342 g/mol. The van der Waals surface area contributed by atoms with Crippen LogP contribution in [0.5, 0.6) is 5.75 Å². The van der Waals surface area contributed by atoms with Gasteiger partial charge in [-0.25, -0.2) is 4.98 Å². The SMILES string of the molecule is CCC1CN(Cc2ccccc2OCCCn2ccnc2)CCN1C. The molecule has 5 nitrogen and oxygen atoms in total. The number of aromatic nitrogens is 2. The van der Waals surface area contributed by atoms with Crippen molar-refractivity contribution in [1.29, 1.82) is 0 Å². The molecule has 1 saturated heterocycles. The van der Waals surface area contributed by atoms with Crippen LogP contribution in [0.2, 0.25) is 0 Å². The van der Waals surface area contributed by atoms with Crippen LogP contribution in [-0.2, 0) is 13.1 Å². The van der Waals surface area contributed by atoms with Crippen molar-refractivity contribution in [3.8, 4) is 5.75 Å². The number of para-hydroxylation sites is 1. The van der Waals surface area contributed by atoms with Gasteiger partial charge in [-0.3, -0.25) is 4.90 Å². The van der Waals surface area contributed by atoms with Crippen molar-refractivity contribution in [2.24, 2.45) is 0 Å². The molecule has 1 aromatic carbocycles. The Morgan fingerprint density at radius 2 is 2.12 bits per heavy atom. The van der Waals surface area contributed by atoms with Crippen LogP contribution in [0.3, 0.4) is 0 Å². The molecule has 1 unspecified atom stereocenters. The van der Waals surface area contributed by atoms with Gasteiger partial charge in [0.25, 0.3) is 0 Å². The van der Waals surface area contributed by atoms with Crippen molar-refractivity contribution in [1.82, 2.24) is 19.4 Å². The van der Waals surface area contributed by atoms with Crippen LogP contribution in [0.25, 0.3) is 0 Å². The maximum atomic E-state index is 6.08. The summed E-state index contributed by atoms with van der Waals surface area (Å²) >= 11 is 0. The van der Waals surface area contributed by atoms with E-state index in [-0.39, 0.29) is 0 Å². The molecule has 0 saturated carbocycles. The van der Waals surface area contributed by atoms with Crippen molar-refractivity contribution in [2.45, 2.75) is 38.9 Å². The number of benzene rings is 1. The summed E-state index contributed by atoms with van der Waals surface area (Å²) in [5.41, 5.74) is 1.30. The Labute approximate surface area is 151 Å². The summed E-state index contributed by atoms with van der Waals surface area (Å²) in [7, 11) is 2.24. The molecule has 2 heterocycles. The maximum absolute atomic E-state index is 6.08. The first-order valence-electron chi connectivity index (χ1n) is 9.35. The Morgan fingerprint density at radius 1 is 1.24 bits per heavy atom. The molecule has 1 fully saturated rings. The standard InChI is InChI=1S/C20H30N4O/c1-3-19-16-24(13-12-22(19)2)15-18-7-4-5-8-20(18)25-14-6-10-23-11-9-21-17-23/h4-5,7-9,11,17,19H,3,6,10,12-16H2,1-2H3. The fourth-order valence-electron chi connectivity index (χ4n) is 3.46. The van der Waals surface area contributed by atoms with Gasteiger partial charge in [0, 0.05) is 56.7 Å². The molecule has 1 atom stereocenters. The van der Waals surface area contributed by atoms with Gasteiger partial charge in [0.2, 0.25) is 0 Å². The Balaban J connectivity index is 1.51. The lowest BCUT2D eigenvalue weighted by Gasteiger charge is -2.39. The minimum Gasteiger partial charge on any atom is -0.493 e. The van der Waals surface area contributed by atoms with Crippen LogP contribution in [0.15, 0.2) is 43.0 Å². The van der Waals surface area contributed by atoms with Crippen LogP contribution in [-0.4, -0.2) is 58.7 Å². The monoisotopic (exact) mass is 342 g/mol. The van der Waals surface area contributed by atoms with Gasteiger partial charge < -0.3 is 14.2 Å². The Bertz CT molecular complexity index is 628. The zero-order chi connectivity index (χ0) is 17.5. The molecule has 1 aliphatic heterocycles. The number of hydrogen-bond acceptors (Lipinski definition) is 4. The van der Waals surface area contributed by atoms with Gasteiger partial charge in [0.05, 0.1) is 12.9 Å². The largest absolute Gasteiger partial charge is 0.493 e. The smallest absolute Gasteiger partial charge is 0.123 e. The van der Waals surface area contributed by atoms with Gasteiger partial charge in [0.15, 0.2) is 0 Å². The molecule has 1 aliphatic rings. The number of piperazine rings is 1. The first kappa shape index (κ1) is 18.0. The van der Waals surface area contributed by atoms with E-state index in [1.165, 1.54) is 12.0 Å². The number of imidazole rings is 1. The van der Waals surface area contributed by atoms with Gasteiger partial charge in [-0.05, 0) is 26.0 Å². The Hall–Kier alpha value is -1.85. The second-order valence-electron chi connectivity index (χ2n) is 6.89. The molecule has 0 spiro atoms. The molecule has 0 aliphatic carbocycles. The lowest BCUT2D eigenvalue weighted by Crippen LogP contribution is -2.50.